The molecule has 132 valence electrons. The van der Waals surface area contributed by atoms with E-state index in [4.69, 9.17) is 4.74 Å². The van der Waals surface area contributed by atoms with E-state index in [1.165, 1.54) is 5.56 Å². The van der Waals surface area contributed by atoms with Crippen molar-refractivity contribution in [1.29, 1.82) is 0 Å². The fraction of sp³-hybridized carbons (Fsp3) is 0.174. The minimum atomic E-state index is -0.983. The van der Waals surface area contributed by atoms with E-state index in [9.17, 15) is 9.90 Å². The van der Waals surface area contributed by atoms with Crippen LogP contribution in [0.2, 0.25) is 0 Å². The van der Waals surface area contributed by atoms with Gasteiger partial charge in [-0.15, -0.1) is 0 Å². The van der Waals surface area contributed by atoms with Gasteiger partial charge in [-0.25, -0.2) is 4.79 Å². The van der Waals surface area contributed by atoms with Crippen molar-refractivity contribution < 1.29 is 14.6 Å². The van der Waals surface area contributed by atoms with Crippen molar-refractivity contribution in [2.45, 2.75) is 25.4 Å². The molecule has 3 aromatic rings. The number of hydrogen-bond acceptors (Lipinski definition) is 2. The molecule has 0 aliphatic carbocycles. The number of para-hydroxylation sites is 1. The summed E-state index contributed by atoms with van der Waals surface area (Å²) >= 11 is 0. The van der Waals surface area contributed by atoms with Crippen molar-refractivity contribution in [3.8, 4) is 5.75 Å². The molecule has 3 rings (SSSR count). The van der Waals surface area contributed by atoms with Gasteiger partial charge in [0.1, 0.15) is 17.4 Å². The molecule has 0 aromatic heterocycles. The second-order valence-electron chi connectivity index (χ2n) is 6.37. The molecule has 0 heterocycles. The van der Waals surface area contributed by atoms with Crippen molar-refractivity contribution in [2.24, 2.45) is 0 Å². The first-order chi connectivity index (χ1) is 12.6. The van der Waals surface area contributed by atoms with Crippen LogP contribution in [0.4, 0.5) is 0 Å². The number of rotatable bonds is 7. The molecule has 0 aliphatic rings. The Morgan fingerprint density at radius 3 is 2.00 bits per heavy atom. The van der Waals surface area contributed by atoms with Gasteiger partial charge < -0.3 is 9.84 Å². The Labute approximate surface area is 153 Å². The smallest absolute Gasteiger partial charge is 0.339 e. The Bertz CT molecular complexity index is 844. The zero-order valence-electron chi connectivity index (χ0n) is 14.7. The minimum absolute atomic E-state index is 0.181. The summed E-state index contributed by atoms with van der Waals surface area (Å²) in [5.74, 6) is -0.309. The molecule has 0 radical (unpaired) electrons. The number of ether oxygens (including phenoxy) is 1. The third-order valence-corrected chi connectivity index (χ3v) is 4.49. The normalized spacial score (nSPS) is 13.0. The van der Waals surface area contributed by atoms with Gasteiger partial charge in [-0.1, -0.05) is 79.7 Å². The molecular weight excluding hydrogens is 324 g/mol. The number of carboxylic acids is 1. The number of hydrogen-bond donors (Lipinski definition) is 1. The quantitative estimate of drug-likeness (QED) is 0.597. The predicted octanol–water partition coefficient (Wildman–Crippen LogP) is 5.70. The van der Waals surface area contributed by atoms with Crippen LogP contribution in [0.3, 0.4) is 0 Å². The average molecular weight is 346 g/mol. The van der Waals surface area contributed by atoms with E-state index in [2.05, 4.69) is 19.1 Å². The summed E-state index contributed by atoms with van der Waals surface area (Å²) < 4.78 is 6.20. The van der Waals surface area contributed by atoms with Crippen LogP contribution in [-0.4, -0.2) is 11.1 Å². The number of carboxylic acid groups (broad SMARTS) is 1. The Kier molecular flexibility index (Phi) is 5.69. The zero-order valence-corrected chi connectivity index (χ0v) is 14.7. The Hall–Kier alpha value is -3.07. The highest BCUT2D eigenvalue weighted by atomic mass is 16.5. The van der Waals surface area contributed by atoms with Crippen LogP contribution in [0, 0.1) is 0 Å². The van der Waals surface area contributed by atoms with Gasteiger partial charge in [0.25, 0.3) is 0 Å². The van der Waals surface area contributed by atoms with E-state index in [0.29, 0.717) is 5.75 Å². The molecule has 0 saturated carbocycles. The van der Waals surface area contributed by atoms with Crippen molar-refractivity contribution >= 4 is 5.97 Å². The molecule has 2 unspecified atom stereocenters. The maximum atomic E-state index is 11.5. The maximum Gasteiger partial charge on any atom is 0.339 e. The summed E-state index contributed by atoms with van der Waals surface area (Å²) in [7, 11) is 0. The van der Waals surface area contributed by atoms with E-state index in [-0.39, 0.29) is 17.6 Å². The van der Waals surface area contributed by atoms with Gasteiger partial charge in [-0.2, -0.15) is 0 Å². The summed E-state index contributed by atoms with van der Waals surface area (Å²) in [5.41, 5.74) is 2.46. The second kappa shape index (κ2) is 8.34. The van der Waals surface area contributed by atoms with Crippen LogP contribution in [-0.2, 0) is 0 Å². The van der Waals surface area contributed by atoms with Crippen LogP contribution >= 0.6 is 0 Å². The third kappa shape index (κ3) is 4.31. The van der Waals surface area contributed by atoms with Crippen LogP contribution in [0.5, 0.6) is 5.75 Å². The lowest BCUT2D eigenvalue weighted by atomic mass is 9.92. The monoisotopic (exact) mass is 346 g/mol. The number of carbonyl (C=O) groups is 1. The standard InChI is InChI=1S/C23H22O3/c1-17(18-10-4-2-5-11-18)16-22(19-12-6-3-7-13-19)26-21-15-9-8-14-20(21)23(24)25/h2-15,17,22H,16H2,1H3,(H,24,25). The lowest BCUT2D eigenvalue weighted by molar-refractivity contribution is 0.0688. The molecule has 3 nitrogen and oxygen atoms in total. The highest BCUT2D eigenvalue weighted by Gasteiger charge is 2.21. The van der Waals surface area contributed by atoms with Crippen LogP contribution in [0.1, 0.15) is 46.9 Å². The third-order valence-electron chi connectivity index (χ3n) is 4.49. The fourth-order valence-corrected chi connectivity index (χ4v) is 3.06. The molecule has 3 heteroatoms. The van der Waals surface area contributed by atoms with Crippen LogP contribution < -0.4 is 4.74 Å². The highest BCUT2D eigenvalue weighted by Crippen LogP contribution is 2.33. The molecule has 3 aromatic carbocycles. The summed E-state index contributed by atoms with van der Waals surface area (Å²) in [5, 5.41) is 9.43. The largest absolute Gasteiger partial charge is 0.485 e. The first-order valence-corrected chi connectivity index (χ1v) is 8.74. The SMILES string of the molecule is CC(CC(Oc1ccccc1C(=O)O)c1ccccc1)c1ccccc1. The minimum Gasteiger partial charge on any atom is -0.485 e. The van der Waals surface area contributed by atoms with Crippen molar-refractivity contribution in [1.82, 2.24) is 0 Å². The maximum absolute atomic E-state index is 11.5. The summed E-state index contributed by atoms with van der Waals surface area (Å²) in [6.45, 7) is 2.16. The molecule has 0 fully saturated rings. The van der Waals surface area contributed by atoms with E-state index in [1.54, 1.807) is 24.3 Å². The number of benzene rings is 3. The van der Waals surface area contributed by atoms with Gasteiger partial charge in [0.05, 0.1) is 0 Å². The second-order valence-corrected chi connectivity index (χ2v) is 6.37. The first-order valence-electron chi connectivity index (χ1n) is 8.74. The van der Waals surface area contributed by atoms with Gasteiger partial charge in [-0.3, -0.25) is 0 Å². The summed E-state index contributed by atoms with van der Waals surface area (Å²) in [4.78, 5) is 11.5. The lowest BCUT2D eigenvalue weighted by Gasteiger charge is -2.24. The van der Waals surface area contributed by atoms with Gasteiger partial charge in [0.15, 0.2) is 0 Å². The van der Waals surface area contributed by atoms with E-state index in [0.717, 1.165) is 12.0 Å². The van der Waals surface area contributed by atoms with Crippen LogP contribution in [0.25, 0.3) is 0 Å². The Morgan fingerprint density at radius 1 is 0.846 bits per heavy atom. The van der Waals surface area contributed by atoms with Crippen molar-refractivity contribution in [3.05, 3.63) is 102 Å². The highest BCUT2D eigenvalue weighted by molar-refractivity contribution is 5.90. The lowest BCUT2D eigenvalue weighted by Crippen LogP contribution is -2.13. The Balaban J connectivity index is 1.89. The van der Waals surface area contributed by atoms with E-state index < -0.39 is 5.97 Å². The van der Waals surface area contributed by atoms with Gasteiger partial charge in [0, 0.05) is 0 Å². The summed E-state index contributed by atoms with van der Waals surface area (Å²) in [6, 6.07) is 27.0. The van der Waals surface area contributed by atoms with Crippen molar-refractivity contribution in [2.75, 3.05) is 0 Å². The molecule has 0 amide bonds. The van der Waals surface area contributed by atoms with E-state index >= 15 is 0 Å². The topological polar surface area (TPSA) is 46.5 Å². The molecule has 0 spiro atoms. The van der Waals surface area contributed by atoms with Crippen LogP contribution in [0.15, 0.2) is 84.9 Å². The molecular formula is C23H22O3. The molecule has 0 saturated heterocycles. The van der Waals surface area contributed by atoms with Crippen molar-refractivity contribution in [3.63, 3.8) is 0 Å². The molecule has 0 aliphatic heterocycles. The molecule has 0 bridgehead atoms. The Morgan fingerprint density at radius 2 is 1.38 bits per heavy atom. The van der Waals surface area contributed by atoms with Gasteiger partial charge in [0.2, 0.25) is 0 Å². The number of aromatic carboxylic acids is 1. The zero-order chi connectivity index (χ0) is 18.4. The fourth-order valence-electron chi connectivity index (χ4n) is 3.06. The predicted molar refractivity (Wildman–Crippen MR) is 103 cm³/mol. The molecule has 2 atom stereocenters. The van der Waals surface area contributed by atoms with E-state index in [1.807, 2.05) is 48.5 Å². The first kappa shape index (κ1) is 17.7. The molecule has 26 heavy (non-hydrogen) atoms. The summed E-state index contributed by atoms with van der Waals surface area (Å²) in [6.07, 6.45) is 0.522. The molecule has 1 N–H and O–H groups in total. The van der Waals surface area contributed by atoms with Gasteiger partial charge >= 0.3 is 5.97 Å². The van der Waals surface area contributed by atoms with Gasteiger partial charge in [-0.05, 0) is 35.6 Å². The average Bonchev–Trinajstić information content (AvgIpc) is 2.69.